The number of anilines is 1. The highest BCUT2D eigenvalue weighted by atomic mass is 16.1. The van der Waals surface area contributed by atoms with E-state index in [1.165, 1.54) is 12.4 Å². The highest BCUT2D eigenvalue weighted by Gasteiger charge is 2.09. The molecular weight excluding hydrogens is 228 g/mol. The predicted octanol–water partition coefficient (Wildman–Crippen LogP) is 2.21. The number of benzene rings is 1. The lowest BCUT2D eigenvalue weighted by Crippen LogP contribution is -2.11. The molecule has 1 aromatic carbocycles. The molecular formula is C13H10N4O. The number of amides is 1. The van der Waals surface area contributed by atoms with Crippen LogP contribution in [0.15, 0.2) is 48.9 Å². The normalized spacial score (nSPS) is 10.4. The van der Waals surface area contributed by atoms with Gasteiger partial charge in [-0.15, -0.1) is 0 Å². The van der Waals surface area contributed by atoms with Crippen LogP contribution in [0.1, 0.15) is 10.4 Å². The zero-order valence-electron chi connectivity index (χ0n) is 9.42. The highest BCUT2D eigenvalue weighted by Crippen LogP contribution is 2.22. The first-order chi connectivity index (χ1) is 8.84. The van der Waals surface area contributed by atoms with E-state index in [-0.39, 0.29) is 5.91 Å². The molecule has 0 aliphatic carbocycles. The number of hydrogen-bond donors (Lipinski definition) is 2. The van der Waals surface area contributed by atoms with E-state index in [1.807, 2.05) is 24.3 Å². The van der Waals surface area contributed by atoms with Gasteiger partial charge in [-0.25, -0.2) is 0 Å². The van der Waals surface area contributed by atoms with Gasteiger partial charge in [0.25, 0.3) is 5.91 Å². The molecule has 0 spiro atoms. The Morgan fingerprint density at radius 2 is 2.06 bits per heavy atom. The maximum atomic E-state index is 12.0. The first-order valence-corrected chi connectivity index (χ1v) is 5.49. The second kappa shape index (κ2) is 4.29. The van der Waals surface area contributed by atoms with E-state index in [9.17, 15) is 4.79 Å². The summed E-state index contributed by atoms with van der Waals surface area (Å²) in [5.41, 5.74) is 2.23. The average molecular weight is 238 g/mol. The second-order valence-corrected chi connectivity index (χ2v) is 3.83. The molecule has 5 nitrogen and oxygen atoms in total. The van der Waals surface area contributed by atoms with E-state index in [2.05, 4.69) is 20.5 Å². The van der Waals surface area contributed by atoms with Crippen LogP contribution in [0.3, 0.4) is 0 Å². The van der Waals surface area contributed by atoms with Gasteiger partial charge in [-0.05, 0) is 12.1 Å². The summed E-state index contributed by atoms with van der Waals surface area (Å²) >= 11 is 0. The molecule has 0 atom stereocenters. The molecule has 0 aliphatic heterocycles. The first kappa shape index (κ1) is 10.5. The minimum Gasteiger partial charge on any atom is -0.359 e. The van der Waals surface area contributed by atoms with E-state index >= 15 is 0 Å². The average Bonchev–Trinajstić information content (AvgIpc) is 2.83. The van der Waals surface area contributed by atoms with Crippen molar-refractivity contribution in [2.75, 3.05) is 5.32 Å². The summed E-state index contributed by atoms with van der Waals surface area (Å²) in [6.07, 6.45) is 4.70. The van der Waals surface area contributed by atoms with Gasteiger partial charge in [-0.1, -0.05) is 18.2 Å². The topological polar surface area (TPSA) is 70.7 Å². The van der Waals surface area contributed by atoms with Crippen LogP contribution in [-0.4, -0.2) is 21.1 Å². The Balaban J connectivity index is 1.91. The van der Waals surface area contributed by atoms with Crippen LogP contribution in [-0.2, 0) is 0 Å². The Labute approximate surface area is 103 Å². The van der Waals surface area contributed by atoms with Gasteiger partial charge in [0, 0.05) is 17.1 Å². The van der Waals surface area contributed by atoms with Crippen LogP contribution in [0.5, 0.6) is 0 Å². The molecule has 3 rings (SSSR count). The van der Waals surface area contributed by atoms with Crippen molar-refractivity contribution in [2.45, 2.75) is 0 Å². The molecule has 18 heavy (non-hydrogen) atoms. The van der Waals surface area contributed by atoms with Crippen molar-refractivity contribution in [1.82, 2.24) is 15.2 Å². The summed E-state index contributed by atoms with van der Waals surface area (Å²) < 4.78 is 0. The Hall–Kier alpha value is -2.69. The van der Waals surface area contributed by atoms with Crippen LogP contribution in [0.25, 0.3) is 10.9 Å². The zero-order chi connectivity index (χ0) is 12.4. The van der Waals surface area contributed by atoms with E-state index in [0.29, 0.717) is 5.56 Å². The molecule has 0 unspecified atom stereocenters. The van der Waals surface area contributed by atoms with Crippen molar-refractivity contribution in [1.29, 1.82) is 0 Å². The van der Waals surface area contributed by atoms with E-state index in [4.69, 9.17) is 0 Å². The fourth-order valence-corrected chi connectivity index (χ4v) is 1.79. The van der Waals surface area contributed by atoms with Gasteiger partial charge in [-0.2, -0.15) is 10.2 Å². The first-order valence-electron chi connectivity index (χ1n) is 5.49. The Kier molecular flexibility index (Phi) is 2.49. The molecule has 2 heterocycles. The van der Waals surface area contributed by atoms with Crippen molar-refractivity contribution in [3.05, 3.63) is 54.5 Å². The number of H-pyrrole nitrogens is 1. The number of fused-ring (bicyclic) bond motifs is 1. The summed E-state index contributed by atoms with van der Waals surface area (Å²) in [4.78, 5) is 15.1. The van der Waals surface area contributed by atoms with E-state index < -0.39 is 0 Å². The van der Waals surface area contributed by atoms with Crippen molar-refractivity contribution in [3.63, 3.8) is 0 Å². The number of carbonyl (C=O) groups excluding carboxylic acids is 1. The van der Waals surface area contributed by atoms with E-state index in [1.54, 1.807) is 12.3 Å². The Morgan fingerprint density at radius 1 is 1.17 bits per heavy atom. The Morgan fingerprint density at radius 3 is 2.89 bits per heavy atom. The van der Waals surface area contributed by atoms with Crippen molar-refractivity contribution in [3.8, 4) is 0 Å². The largest absolute Gasteiger partial charge is 0.359 e. The van der Waals surface area contributed by atoms with Gasteiger partial charge in [0.15, 0.2) is 0 Å². The zero-order valence-corrected chi connectivity index (χ0v) is 9.42. The number of nitrogens with one attached hydrogen (secondary N) is 2. The van der Waals surface area contributed by atoms with Crippen LogP contribution in [0, 0.1) is 0 Å². The molecule has 2 aromatic heterocycles. The smallest absolute Gasteiger partial charge is 0.257 e. The van der Waals surface area contributed by atoms with Gasteiger partial charge < -0.3 is 10.3 Å². The minimum absolute atomic E-state index is 0.199. The molecule has 3 aromatic rings. The number of aromatic amines is 1. The molecule has 1 amide bonds. The number of carbonyl (C=O) groups is 1. The summed E-state index contributed by atoms with van der Waals surface area (Å²) in [6.45, 7) is 0. The third kappa shape index (κ3) is 1.82. The maximum Gasteiger partial charge on any atom is 0.257 e. The number of nitrogens with zero attached hydrogens (tertiary/aromatic N) is 2. The lowest BCUT2D eigenvalue weighted by molar-refractivity contribution is 0.102. The van der Waals surface area contributed by atoms with Gasteiger partial charge in [0.1, 0.15) is 0 Å². The monoisotopic (exact) mass is 238 g/mol. The molecule has 0 bridgehead atoms. The van der Waals surface area contributed by atoms with E-state index in [0.717, 1.165) is 16.6 Å². The maximum absolute atomic E-state index is 12.0. The fraction of sp³-hybridized carbons (Fsp3) is 0. The minimum atomic E-state index is -0.199. The number of hydrogen-bond acceptors (Lipinski definition) is 3. The highest BCUT2D eigenvalue weighted by molar-refractivity contribution is 6.08. The van der Waals surface area contributed by atoms with Crippen LogP contribution in [0.2, 0.25) is 0 Å². The molecule has 0 aliphatic rings. The third-order valence-electron chi connectivity index (χ3n) is 2.68. The molecule has 88 valence electrons. The van der Waals surface area contributed by atoms with Crippen molar-refractivity contribution in [2.24, 2.45) is 0 Å². The number of rotatable bonds is 2. The second-order valence-electron chi connectivity index (χ2n) is 3.83. The fourth-order valence-electron chi connectivity index (χ4n) is 1.79. The third-order valence-corrected chi connectivity index (χ3v) is 2.68. The molecule has 2 N–H and O–H groups in total. The lowest BCUT2D eigenvalue weighted by Gasteiger charge is -2.02. The predicted molar refractivity (Wildman–Crippen MR) is 68.3 cm³/mol. The molecule has 0 saturated carbocycles. The summed E-state index contributed by atoms with van der Waals surface area (Å²) in [7, 11) is 0. The van der Waals surface area contributed by atoms with Crippen LogP contribution in [0.4, 0.5) is 5.69 Å². The van der Waals surface area contributed by atoms with Crippen LogP contribution >= 0.6 is 0 Å². The van der Waals surface area contributed by atoms with Gasteiger partial charge in [0.05, 0.1) is 23.6 Å². The summed E-state index contributed by atoms with van der Waals surface area (Å²) in [5, 5.41) is 11.1. The Bertz CT molecular complexity index is 690. The summed E-state index contributed by atoms with van der Waals surface area (Å²) in [5.74, 6) is -0.199. The standard InChI is InChI=1S/C13H10N4O/c18-13(9-5-6-15-16-7-9)17-12-8-14-11-4-2-1-3-10(11)12/h1-8,14H,(H,17,18). The van der Waals surface area contributed by atoms with Gasteiger partial charge >= 0.3 is 0 Å². The van der Waals surface area contributed by atoms with Crippen molar-refractivity contribution < 1.29 is 4.79 Å². The van der Waals surface area contributed by atoms with Gasteiger partial charge in [-0.3, -0.25) is 4.79 Å². The van der Waals surface area contributed by atoms with Gasteiger partial charge in [0.2, 0.25) is 0 Å². The van der Waals surface area contributed by atoms with Crippen LogP contribution < -0.4 is 5.32 Å². The number of para-hydroxylation sites is 1. The molecule has 0 fully saturated rings. The molecule has 5 heteroatoms. The number of aromatic nitrogens is 3. The molecule has 0 saturated heterocycles. The summed E-state index contributed by atoms with van der Waals surface area (Å²) in [6, 6.07) is 9.40. The van der Waals surface area contributed by atoms with Crippen molar-refractivity contribution >= 4 is 22.5 Å². The molecule has 0 radical (unpaired) electrons. The quantitative estimate of drug-likeness (QED) is 0.719. The SMILES string of the molecule is O=C(Nc1c[nH]c2ccccc12)c1ccnnc1. The lowest BCUT2D eigenvalue weighted by atomic mass is 10.2.